The molecule has 0 fully saturated rings. The van der Waals surface area contributed by atoms with E-state index < -0.39 is 0 Å². The lowest BCUT2D eigenvalue weighted by molar-refractivity contribution is 0.0692. The molecule has 0 radical (unpaired) electrons. The summed E-state index contributed by atoms with van der Waals surface area (Å²) in [6, 6.07) is 9.11. The number of carbonyl (C=O) groups excluding carboxylic acids is 1. The van der Waals surface area contributed by atoms with Crippen LogP contribution in [0, 0.1) is 0 Å². The van der Waals surface area contributed by atoms with E-state index >= 15 is 0 Å². The Labute approximate surface area is 123 Å². The van der Waals surface area contributed by atoms with E-state index in [9.17, 15) is 4.79 Å². The van der Waals surface area contributed by atoms with E-state index in [0.717, 1.165) is 4.88 Å². The monoisotopic (exact) mass is 289 g/mol. The van der Waals surface area contributed by atoms with Gasteiger partial charge in [0.25, 0.3) is 5.91 Å². The van der Waals surface area contributed by atoms with Gasteiger partial charge >= 0.3 is 0 Å². The molecule has 0 aliphatic heterocycles. The van der Waals surface area contributed by atoms with Crippen LogP contribution in [0.5, 0.6) is 0 Å². The molecule has 0 bridgehead atoms. The second-order valence-corrected chi connectivity index (χ2v) is 6.03. The summed E-state index contributed by atoms with van der Waals surface area (Å²) >= 11 is 1.64. The topological polar surface area (TPSA) is 72.3 Å². The second kappa shape index (κ2) is 5.96. The molecule has 0 unspecified atom stereocenters. The third kappa shape index (κ3) is 3.30. The van der Waals surface area contributed by atoms with Crippen molar-refractivity contribution in [3.8, 4) is 0 Å². The molecular formula is C15H19N3OS. The minimum absolute atomic E-state index is 0.0487. The fourth-order valence-electron chi connectivity index (χ4n) is 2.03. The molecule has 1 amide bonds. The Hall–Kier alpha value is -2.01. The van der Waals surface area contributed by atoms with Crippen LogP contribution in [-0.4, -0.2) is 16.8 Å². The van der Waals surface area contributed by atoms with Crippen molar-refractivity contribution in [2.45, 2.75) is 26.4 Å². The maximum absolute atomic E-state index is 12.6. The van der Waals surface area contributed by atoms with Gasteiger partial charge in [-0.2, -0.15) is 0 Å². The first-order valence-electron chi connectivity index (χ1n) is 6.46. The standard InChI is InChI=1S/C15H19N3OS/c1-10(2)18(9-14-4-3-5-20-14)15(19)11-6-12(16)8-13(17)7-11/h3-8,10H,9,16-17H2,1-2H3. The Kier molecular flexibility index (Phi) is 4.29. The van der Waals surface area contributed by atoms with Gasteiger partial charge in [-0.3, -0.25) is 4.79 Å². The predicted octanol–water partition coefficient (Wildman–Crippen LogP) is 2.96. The summed E-state index contributed by atoms with van der Waals surface area (Å²) in [4.78, 5) is 15.6. The number of rotatable bonds is 4. The van der Waals surface area contributed by atoms with Gasteiger partial charge in [0.1, 0.15) is 0 Å². The van der Waals surface area contributed by atoms with Gasteiger partial charge in [0.15, 0.2) is 0 Å². The highest BCUT2D eigenvalue weighted by Gasteiger charge is 2.20. The molecule has 2 aromatic rings. The summed E-state index contributed by atoms with van der Waals surface area (Å²) in [6.45, 7) is 4.60. The summed E-state index contributed by atoms with van der Waals surface area (Å²) in [7, 11) is 0. The third-order valence-electron chi connectivity index (χ3n) is 3.02. The molecule has 4 nitrogen and oxygen atoms in total. The van der Waals surface area contributed by atoms with Crippen LogP contribution in [0.3, 0.4) is 0 Å². The highest BCUT2D eigenvalue weighted by Crippen LogP contribution is 2.20. The molecule has 0 atom stereocenters. The first-order chi connectivity index (χ1) is 9.47. The SMILES string of the molecule is CC(C)N(Cc1cccs1)C(=O)c1cc(N)cc(N)c1. The number of anilines is 2. The zero-order chi connectivity index (χ0) is 14.7. The molecule has 0 aliphatic rings. The van der Waals surface area contributed by atoms with Crippen molar-refractivity contribution in [2.24, 2.45) is 0 Å². The van der Waals surface area contributed by atoms with Crippen molar-refractivity contribution >= 4 is 28.6 Å². The summed E-state index contributed by atoms with van der Waals surface area (Å²) in [5, 5.41) is 2.01. The van der Waals surface area contributed by atoms with E-state index in [2.05, 4.69) is 0 Å². The third-order valence-corrected chi connectivity index (χ3v) is 3.88. The highest BCUT2D eigenvalue weighted by molar-refractivity contribution is 7.09. The highest BCUT2D eigenvalue weighted by atomic mass is 32.1. The zero-order valence-corrected chi connectivity index (χ0v) is 12.5. The van der Waals surface area contributed by atoms with Crippen molar-refractivity contribution in [3.05, 3.63) is 46.2 Å². The van der Waals surface area contributed by atoms with E-state index in [1.54, 1.807) is 29.5 Å². The van der Waals surface area contributed by atoms with Crippen LogP contribution in [0.1, 0.15) is 29.1 Å². The molecule has 106 valence electrons. The normalized spacial score (nSPS) is 10.8. The second-order valence-electron chi connectivity index (χ2n) is 4.99. The smallest absolute Gasteiger partial charge is 0.254 e. The maximum Gasteiger partial charge on any atom is 0.254 e. The van der Waals surface area contributed by atoms with Crippen molar-refractivity contribution in [2.75, 3.05) is 11.5 Å². The molecular weight excluding hydrogens is 270 g/mol. The van der Waals surface area contributed by atoms with E-state index in [-0.39, 0.29) is 11.9 Å². The molecule has 0 spiro atoms. The van der Waals surface area contributed by atoms with Crippen molar-refractivity contribution in [1.82, 2.24) is 4.90 Å². The van der Waals surface area contributed by atoms with Gasteiger partial charge < -0.3 is 16.4 Å². The number of nitrogens with two attached hydrogens (primary N) is 2. The molecule has 5 heteroatoms. The van der Waals surface area contributed by atoms with Crippen LogP contribution >= 0.6 is 11.3 Å². The molecule has 1 heterocycles. The Bertz CT molecular complexity index is 573. The van der Waals surface area contributed by atoms with Crippen molar-refractivity contribution in [1.29, 1.82) is 0 Å². The number of carbonyl (C=O) groups is 1. The van der Waals surface area contributed by atoms with Crippen LogP contribution < -0.4 is 11.5 Å². The van der Waals surface area contributed by atoms with Crippen molar-refractivity contribution < 1.29 is 4.79 Å². The minimum Gasteiger partial charge on any atom is -0.399 e. The van der Waals surface area contributed by atoms with Gasteiger partial charge in [-0.15, -0.1) is 11.3 Å². The number of nitrogen functional groups attached to an aromatic ring is 2. The Morgan fingerprint density at radius 2 is 1.90 bits per heavy atom. The van der Waals surface area contributed by atoms with E-state index in [1.165, 1.54) is 0 Å². The lowest BCUT2D eigenvalue weighted by Gasteiger charge is -2.26. The quantitative estimate of drug-likeness (QED) is 0.850. The lowest BCUT2D eigenvalue weighted by Crippen LogP contribution is -2.36. The molecule has 1 aromatic heterocycles. The van der Waals surface area contributed by atoms with E-state index in [1.807, 2.05) is 36.3 Å². The lowest BCUT2D eigenvalue weighted by atomic mass is 10.1. The fourth-order valence-corrected chi connectivity index (χ4v) is 2.73. The van der Waals surface area contributed by atoms with Gasteiger partial charge in [-0.05, 0) is 43.5 Å². The Balaban J connectivity index is 2.26. The van der Waals surface area contributed by atoms with E-state index in [4.69, 9.17) is 11.5 Å². The summed E-state index contributed by atoms with van der Waals surface area (Å²) in [6.07, 6.45) is 0. The Morgan fingerprint density at radius 3 is 2.40 bits per heavy atom. The zero-order valence-electron chi connectivity index (χ0n) is 11.7. The molecule has 4 N–H and O–H groups in total. The molecule has 2 rings (SSSR count). The summed E-state index contributed by atoms with van der Waals surface area (Å²) < 4.78 is 0. The number of benzene rings is 1. The Morgan fingerprint density at radius 1 is 1.25 bits per heavy atom. The largest absolute Gasteiger partial charge is 0.399 e. The van der Waals surface area contributed by atoms with Gasteiger partial charge in [0.2, 0.25) is 0 Å². The molecule has 1 aromatic carbocycles. The number of thiophene rings is 1. The summed E-state index contributed by atoms with van der Waals surface area (Å²) in [5.74, 6) is -0.0487. The number of hydrogen-bond donors (Lipinski definition) is 2. The molecule has 0 aliphatic carbocycles. The predicted molar refractivity (Wildman–Crippen MR) is 84.6 cm³/mol. The van der Waals surface area contributed by atoms with Crippen LogP contribution in [0.4, 0.5) is 11.4 Å². The van der Waals surface area contributed by atoms with Crippen LogP contribution in [-0.2, 0) is 6.54 Å². The minimum atomic E-state index is -0.0487. The van der Waals surface area contributed by atoms with Crippen molar-refractivity contribution in [3.63, 3.8) is 0 Å². The average molecular weight is 289 g/mol. The van der Waals surface area contributed by atoms with E-state index in [0.29, 0.717) is 23.5 Å². The first kappa shape index (κ1) is 14.4. The van der Waals surface area contributed by atoms with Crippen LogP contribution in [0.25, 0.3) is 0 Å². The number of nitrogens with zero attached hydrogens (tertiary/aromatic N) is 1. The summed E-state index contributed by atoms with van der Waals surface area (Å²) in [5.41, 5.74) is 13.1. The molecule has 20 heavy (non-hydrogen) atoms. The number of hydrogen-bond acceptors (Lipinski definition) is 4. The van der Waals surface area contributed by atoms with Gasteiger partial charge in [0.05, 0.1) is 6.54 Å². The molecule has 0 saturated heterocycles. The van der Waals surface area contributed by atoms with Gasteiger partial charge in [-0.1, -0.05) is 6.07 Å². The van der Waals surface area contributed by atoms with Gasteiger partial charge in [0, 0.05) is 27.9 Å². The fraction of sp³-hybridized carbons (Fsp3) is 0.267. The average Bonchev–Trinajstić information content (AvgIpc) is 2.86. The maximum atomic E-state index is 12.6. The van der Waals surface area contributed by atoms with Gasteiger partial charge in [-0.25, -0.2) is 0 Å². The van der Waals surface area contributed by atoms with Crippen LogP contribution in [0.15, 0.2) is 35.7 Å². The molecule has 0 saturated carbocycles. The number of amides is 1. The van der Waals surface area contributed by atoms with Crippen LogP contribution in [0.2, 0.25) is 0 Å². The first-order valence-corrected chi connectivity index (χ1v) is 7.34.